The van der Waals surface area contributed by atoms with Crippen LogP contribution < -0.4 is 5.32 Å². The molecule has 0 aliphatic carbocycles. The Bertz CT molecular complexity index is 960. The van der Waals surface area contributed by atoms with Crippen molar-refractivity contribution in [2.24, 2.45) is 0 Å². The molecule has 1 aromatic heterocycles. The highest BCUT2D eigenvalue weighted by atomic mass is 16.5. The van der Waals surface area contributed by atoms with Crippen LogP contribution in [0.3, 0.4) is 0 Å². The van der Waals surface area contributed by atoms with E-state index in [-0.39, 0.29) is 0 Å². The monoisotopic (exact) mass is 345 g/mol. The zero-order chi connectivity index (χ0) is 17.8. The van der Waals surface area contributed by atoms with Gasteiger partial charge in [-0.25, -0.2) is 9.97 Å². The van der Waals surface area contributed by atoms with Gasteiger partial charge in [-0.1, -0.05) is 18.2 Å². The summed E-state index contributed by atoms with van der Waals surface area (Å²) in [5.41, 5.74) is 2.36. The molecule has 2 heterocycles. The van der Waals surface area contributed by atoms with Crippen LogP contribution in [-0.2, 0) is 11.3 Å². The first-order valence-electron chi connectivity index (χ1n) is 8.65. The fraction of sp³-hybridized carbons (Fsp3) is 0.250. The molecule has 0 amide bonds. The second-order valence-electron chi connectivity index (χ2n) is 6.21. The Morgan fingerprint density at radius 1 is 1.08 bits per heavy atom. The molecule has 6 nitrogen and oxygen atoms in total. The van der Waals surface area contributed by atoms with Crippen molar-refractivity contribution in [2.75, 3.05) is 31.6 Å². The Labute approximate surface area is 152 Å². The molecule has 0 saturated carbocycles. The van der Waals surface area contributed by atoms with Crippen LogP contribution in [0.25, 0.3) is 10.9 Å². The quantitative estimate of drug-likeness (QED) is 0.783. The summed E-state index contributed by atoms with van der Waals surface area (Å²) < 4.78 is 5.41. The highest BCUT2D eigenvalue weighted by Crippen LogP contribution is 2.24. The van der Waals surface area contributed by atoms with Crippen molar-refractivity contribution < 1.29 is 4.74 Å². The van der Waals surface area contributed by atoms with Crippen LogP contribution in [-0.4, -0.2) is 41.2 Å². The van der Waals surface area contributed by atoms with Crippen LogP contribution in [0.15, 0.2) is 48.5 Å². The van der Waals surface area contributed by atoms with Crippen molar-refractivity contribution >= 4 is 22.4 Å². The molecule has 1 aliphatic heterocycles. The summed E-state index contributed by atoms with van der Waals surface area (Å²) in [4.78, 5) is 11.8. The molecule has 0 radical (unpaired) electrons. The number of para-hydroxylation sites is 1. The highest BCUT2D eigenvalue weighted by Gasteiger charge is 2.14. The average molecular weight is 345 g/mol. The Morgan fingerprint density at radius 2 is 1.92 bits per heavy atom. The van der Waals surface area contributed by atoms with Crippen LogP contribution in [0, 0.1) is 11.3 Å². The zero-order valence-electron chi connectivity index (χ0n) is 14.4. The van der Waals surface area contributed by atoms with E-state index in [9.17, 15) is 0 Å². The number of fused-ring (bicyclic) bond motifs is 1. The maximum atomic E-state index is 9.11. The Hall–Kier alpha value is -3.01. The van der Waals surface area contributed by atoms with Gasteiger partial charge >= 0.3 is 0 Å². The Kier molecular flexibility index (Phi) is 4.73. The van der Waals surface area contributed by atoms with Crippen LogP contribution >= 0.6 is 0 Å². The second-order valence-corrected chi connectivity index (χ2v) is 6.21. The summed E-state index contributed by atoms with van der Waals surface area (Å²) in [5, 5.41) is 13.4. The number of rotatable bonds is 4. The maximum Gasteiger partial charge on any atom is 0.145 e. The molecule has 1 saturated heterocycles. The number of nitrogens with one attached hydrogen (secondary N) is 1. The van der Waals surface area contributed by atoms with Gasteiger partial charge in [-0.05, 0) is 30.3 Å². The van der Waals surface area contributed by atoms with Gasteiger partial charge in [-0.2, -0.15) is 5.26 Å². The minimum Gasteiger partial charge on any atom is -0.379 e. The van der Waals surface area contributed by atoms with Gasteiger partial charge < -0.3 is 10.1 Å². The number of morpholine rings is 1. The van der Waals surface area contributed by atoms with E-state index in [0.29, 0.717) is 12.1 Å². The molecule has 1 fully saturated rings. The van der Waals surface area contributed by atoms with Gasteiger partial charge in [-0.15, -0.1) is 0 Å². The highest BCUT2D eigenvalue weighted by molar-refractivity contribution is 5.90. The lowest BCUT2D eigenvalue weighted by Crippen LogP contribution is -2.36. The molecular formula is C20H19N5O. The molecule has 2 aromatic carbocycles. The van der Waals surface area contributed by atoms with Gasteiger partial charge in [0.2, 0.25) is 0 Å². The fourth-order valence-electron chi connectivity index (χ4n) is 3.05. The molecule has 0 spiro atoms. The predicted octanol–water partition coefficient (Wildman–Crippen LogP) is 3.08. The van der Waals surface area contributed by atoms with E-state index in [1.807, 2.05) is 42.5 Å². The fourth-order valence-corrected chi connectivity index (χ4v) is 3.05. The van der Waals surface area contributed by atoms with Gasteiger partial charge in [0.15, 0.2) is 0 Å². The summed E-state index contributed by atoms with van der Waals surface area (Å²) in [6.45, 7) is 3.98. The third-order valence-electron chi connectivity index (χ3n) is 4.37. The molecule has 4 rings (SSSR count). The van der Waals surface area contributed by atoms with E-state index in [1.165, 1.54) is 0 Å². The number of hydrogen-bond acceptors (Lipinski definition) is 6. The minimum atomic E-state index is 0.613. The van der Waals surface area contributed by atoms with Crippen LogP contribution in [0.2, 0.25) is 0 Å². The SMILES string of the molecule is N#Cc1cccc(Nc2nc(CN3CCOCC3)nc3ccccc23)c1. The lowest BCUT2D eigenvalue weighted by atomic mass is 10.2. The van der Waals surface area contributed by atoms with Crippen LogP contribution in [0.4, 0.5) is 11.5 Å². The van der Waals surface area contributed by atoms with Crippen LogP contribution in [0.5, 0.6) is 0 Å². The Morgan fingerprint density at radius 3 is 2.77 bits per heavy atom. The maximum absolute atomic E-state index is 9.11. The van der Waals surface area contributed by atoms with E-state index in [0.717, 1.165) is 54.5 Å². The largest absolute Gasteiger partial charge is 0.379 e. The number of hydrogen-bond donors (Lipinski definition) is 1. The number of ether oxygens (including phenoxy) is 1. The average Bonchev–Trinajstić information content (AvgIpc) is 2.69. The summed E-state index contributed by atoms with van der Waals surface area (Å²) in [7, 11) is 0. The third kappa shape index (κ3) is 3.64. The van der Waals surface area contributed by atoms with Gasteiger partial charge in [0.1, 0.15) is 11.6 Å². The first-order valence-corrected chi connectivity index (χ1v) is 8.65. The molecule has 130 valence electrons. The predicted molar refractivity (Wildman–Crippen MR) is 100 cm³/mol. The topological polar surface area (TPSA) is 74.1 Å². The smallest absolute Gasteiger partial charge is 0.145 e. The molecule has 26 heavy (non-hydrogen) atoms. The van der Waals surface area contributed by atoms with E-state index in [2.05, 4.69) is 16.3 Å². The third-order valence-corrected chi connectivity index (χ3v) is 4.37. The van der Waals surface area contributed by atoms with E-state index < -0.39 is 0 Å². The zero-order valence-corrected chi connectivity index (χ0v) is 14.4. The van der Waals surface area contributed by atoms with E-state index >= 15 is 0 Å². The van der Waals surface area contributed by atoms with E-state index in [4.69, 9.17) is 20.0 Å². The number of nitrogens with zero attached hydrogens (tertiary/aromatic N) is 4. The molecule has 6 heteroatoms. The first kappa shape index (κ1) is 16.5. The van der Waals surface area contributed by atoms with Crippen molar-refractivity contribution in [1.82, 2.24) is 14.9 Å². The molecule has 1 N–H and O–H groups in total. The second kappa shape index (κ2) is 7.48. The Balaban J connectivity index is 1.68. The number of anilines is 2. The lowest BCUT2D eigenvalue weighted by molar-refractivity contribution is 0.0331. The molecule has 3 aromatic rings. The molecular weight excluding hydrogens is 326 g/mol. The lowest BCUT2D eigenvalue weighted by Gasteiger charge is -2.26. The van der Waals surface area contributed by atoms with E-state index in [1.54, 1.807) is 6.07 Å². The van der Waals surface area contributed by atoms with Gasteiger partial charge in [0.25, 0.3) is 0 Å². The molecule has 1 aliphatic rings. The summed E-state index contributed by atoms with van der Waals surface area (Å²) >= 11 is 0. The van der Waals surface area contributed by atoms with Crippen molar-refractivity contribution in [3.05, 3.63) is 59.9 Å². The van der Waals surface area contributed by atoms with Crippen molar-refractivity contribution in [1.29, 1.82) is 5.26 Å². The summed E-state index contributed by atoms with van der Waals surface area (Å²) in [6.07, 6.45) is 0. The summed E-state index contributed by atoms with van der Waals surface area (Å²) in [5.74, 6) is 1.54. The van der Waals surface area contributed by atoms with Gasteiger partial charge in [-0.3, -0.25) is 4.90 Å². The van der Waals surface area contributed by atoms with Crippen molar-refractivity contribution in [3.63, 3.8) is 0 Å². The number of nitriles is 1. The number of aromatic nitrogens is 2. The standard InChI is InChI=1S/C20H19N5O/c21-13-15-4-3-5-16(12-15)22-20-17-6-1-2-7-18(17)23-19(24-20)14-25-8-10-26-11-9-25/h1-7,12H,8-11,14H2,(H,22,23,24). The van der Waals surface area contributed by atoms with Crippen molar-refractivity contribution in [2.45, 2.75) is 6.54 Å². The van der Waals surface area contributed by atoms with Crippen molar-refractivity contribution in [3.8, 4) is 6.07 Å². The minimum absolute atomic E-state index is 0.613. The van der Waals surface area contributed by atoms with Gasteiger partial charge in [0, 0.05) is 24.2 Å². The summed E-state index contributed by atoms with van der Waals surface area (Å²) in [6, 6.07) is 17.5. The number of benzene rings is 2. The molecule has 0 bridgehead atoms. The van der Waals surface area contributed by atoms with Crippen LogP contribution in [0.1, 0.15) is 11.4 Å². The molecule has 0 unspecified atom stereocenters. The normalized spacial score (nSPS) is 14.9. The molecule has 0 atom stereocenters. The van der Waals surface area contributed by atoms with Gasteiger partial charge in [0.05, 0.1) is 36.9 Å². The first-order chi connectivity index (χ1) is 12.8.